The Morgan fingerprint density at radius 2 is 1.05 bits per heavy atom. The van der Waals surface area contributed by atoms with E-state index in [2.05, 4.69) is 10.6 Å². The minimum Gasteiger partial charge on any atom is -0.452 e. The number of carbonyl (C=O) groups is 8. The van der Waals surface area contributed by atoms with E-state index in [1.165, 1.54) is 26.6 Å². The zero-order valence-corrected chi connectivity index (χ0v) is 40.4. The SMILES string of the molecule is CC(C)[C@@H]1OC(=O)[C@H](C)[C@@H](C(C)C)NC(=O)[C@@H]2CCCN2C(=O)[C@H]([C@H](C)Cc2ccccc2)NC(=O)[C@@H]2CCCN2C(=O)[C@@H](C(C)C)OC(=O)[C@@H]2CCCN2C(=O)[C@@H](C(C)C)N(C)C1=O. The zero-order valence-electron chi connectivity index (χ0n) is 40.4. The van der Waals surface area contributed by atoms with Gasteiger partial charge in [-0.05, 0) is 87.0 Å². The molecule has 4 fully saturated rings. The molecular formula is C49H74N6O10. The van der Waals surface area contributed by atoms with Gasteiger partial charge in [-0.2, -0.15) is 0 Å². The van der Waals surface area contributed by atoms with Crippen LogP contribution in [-0.4, -0.2) is 142 Å². The lowest BCUT2D eigenvalue weighted by Crippen LogP contribution is -2.60. The molecule has 0 bridgehead atoms. The van der Waals surface area contributed by atoms with E-state index < -0.39 is 125 Å². The van der Waals surface area contributed by atoms with Gasteiger partial charge >= 0.3 is 11.9 Å². The maximum atomic E-state index is 14.8. The highest BCUT2D eigenvalue weighted by atomic mass is 16.6. The quantitative estimate of drug-likeness (QED) is 0.382. The van der Waals surface area contributed by atoms with Crippen LogP contribution >= 0.6 is 0 Å². The fraction of sp³-hybridized carbons (Fsp3) is 0.714. The average molecular weight is 907 g/mol. The fourth-order valence-electron chi connectivity index (χ4n) is 10.1. The first-order valence-corrected chi connectivity index (χ1v) is 23.9. The van der Waals surface area contributed by atoms with E-state index in [1.54, 1.807) is 48.5 Å². The molecule has 0 aromatic heterocycles. The van der Waals surface area contributed by atoms with E-state index in [0.717, 1.165) is 5.56 Å². The molecule has 65 heavy (non-hydrogen) atoms. The number of benzene rings is 1. The van der Waals surface area contributed by atoms with Crippen molar-refractivity contribution in [3.8, 4) is 0 Å². The second-order valence-corrected chi connectivity index (χ2v) is 20.1. The summed E-state index contributed by atoms with van der Waals surface area (Å²) in [7, 11) is 1.49. The number of nitrogens with zero attached hydrogens (tertiary/aromatic N) is 4. The molecule has 16 nitrogen and oxygen atoms in total. The summed E-state index contributed by atoms with van der Waals surface area (Å²) >= 11 is 0. The van der Waals surface area contributed by atoms with E-state index in [-0.39, 0.29) is 32.0 Å². The molecular weight excluding hydrogens is 833 g/mol. The molecule has 6 amide bonds. The van der Waals surface area contributed by atoms with Gasteiger partial charge in [-0.1, -0.05) is 92.6 Å². The summed E-state index contributed by atoms with van der Waals surface area (Å²) in [5, 5.41) is 6.08. The van der Waals surface area contributed by atoms with Crippen molar-refractivity contribution in [3.63, 3.8) is 0 Å². The van der Waals surface area contributed by atoms with Gasteiger partial charge in [0, 0.05) is 32.7 Å². The number of carbonyl (C=O) groups excluding carboxylic acids is 8. The third-order valence-corrected chi connectivity index (χ3v) is 13.8. The molecule has 5 rings (SSSR count). The maximum absolute atomic E-state index is 14.8. The monoisotopic (exact) mass is 907 g/mol. The molecule has 1 aromatic carbocycles. The number of hydrogen-bond acceptors (Lipinski definition) is 10. The highest BCUT2D eigenvalue weighted by molar-refractivity contribution is 5.97. The molecule has 1 aromatic rings. The van der Waals surface area contributed by atoms with E-state index >= 15 is 0 Å². The van der Waals surface area contributed by atoms with E-state index in [4.69, 9.17) is 9.47 Å². The van der Waals surface area contributed by atoms with Crippen LogP contribution in [0.5, 0.6) is 0 Å². The summed E-state index contributed by atoms with van der Waals surface area (Å²) in [5.41, 5.74) is 0.952. The van der Waals surface area contributed by atoms with Crippen LogP contribution in [0.3, 0.4) is 0 Å². The summed E-state index contributed by atoms with van der Waals surface area (Å²) in [6.45, 7) is 18.5. The Kier molecular flexibility index (Phi) is 17.2. The average Bonchev–Trinajstić information content (AvgIpc) is 4.06. The molecule has 0 radical (unpaired) electrons. The molecule has 0 aliphatic carbocycles. The van der Waals surface area contributed by atoms with Crippen LogP contribution in [0.1, 0.15) is 113 Å². The van der Waals surface area contributed by atoms with Crippen molar-refractivity contribution in [2.75, 3.05) is 26.7 Å². The van der Waals surface area contributed by atoms with Crippen molar-refractivity contribution in [3.05, 3.63) is 35.9 Å². The Hall–Kier alpha value is -5.02. The number of amides is 6. The van der Waals surface area contributed by atoms with Gasteiger partial charge in [-0.25, -0.2) is 4.79 Å². The summed E-state index contributed by atoms with van der Waals surface area (Å²) in [4.78, 5) is 121. The second kappa shape index (κ2) is 22.0. The van der Waals surface area contributed by atoms with Crippen LogP contribution in [0.15, 0.2) is 30.3 Å². The predicted octanol–water partition coefficient (Wildman–Crippen LogP) is 3.73. The number of esters is 2. The molecule has 0 spiro atoms. The summed E-state index contributed by atoms with van der Waals surface area (Å²) < 4.78 is 12.0. The minimum atomic E-state index is -1.28. The predicted molar refractivity (Wildman–Crippen MR) is 242 cm³/mol. The minimum absolute atomic E-state index is 0.224. The largest absolute Gasteiger partial charge is 0.452 e. The van der Waals surface area contributed by atoms with Gasteiger partial charge in [0.25, 0.3) is 11.8 Å². The lowest BCUT2D eigenvalue weighted by atomic mass is 9.90. The van der Waals surface area contributed by atoms with E-state index in [1.807, 2.05) is 51.1 Å². The lowest BCUT2D eigenvalue weighted by Gasteiger charge is -2.37. The highest BCUT2D eigenvalue weighted by Gasteiger charge is 2.48. The van der Waals surface area contributed by atoms with Crippen molar-refractivity contribution in [1.82, 2.24) is 30.2 Å². The maximum Gasteiger partial charge on any atom is 0.329 e. The molecule has 4 aliphatic heterocycles. The third-order valence-electron chi connectivity index (χ3n) is 13.8. The number of cyclic esters (lactones) is 2. The Morgan fingerprint density at radius 3 is 1.57 bits per heavy atom. The zero-order chi connectivity index (χ0) is 48.0. The second-order valence-electron chi connectivity index (χ2n) is 20.1. The molecule has 360 valence electrons. The number of ether oxygens (including phenoxy) is 2. The van der Waals surface area contributed by atoms with Gasteiger partial charge in [-0.3, -0.25) is 33.6 Å². The number of fused-ring (bicyclic) bond motifs is 3. The first-order chi connectivity index (χ1) is 30.7. The van der Waals surface area contributed by atoms with Crippen LogP contribution in [0.25, 0.3) is 0 Å². The summed E-state index contributed by atoms with van der Waals surface area (Å²) in [6.07, 6.45) is 0.376. The summed E-state index contributed by atoms with van der Waals surface area (Å²) in [5.74, 6) is -7.49. The van der Waals surface area contributed by atoms with Crippen molar-refractivity contribution >= 4 is 47.4 Å². The van der Waals surface area contributed by atoms with Gasteiger partial charge in [0.15, 0.2) is 12.2 Å². The summed E-state index contributed by atoms with van der Waals surface area (Å²) in [6, 6.07) is 3.87. The molecule has 2 N–H and O–H groups in total. The first-order valence-electron chi connectivity index (χ1n) is 23.9. The van der Waals surface area contributed by atoms with Crippen molar-refractivity contribution < 1.29 is 47.8 Å². The Balaban J connectivity index is 1.56. The normalized spacial score (nSPS) is 30.2. The first kappa shape index (κ1) is 51.0. The molecule has 0 saturated carbocycles. The van der Waals surface area contributed by atoms with Crippen LogP contribution < -0.4 is 10.6 Å². The van der Waals surface area contributed by atoms with Crippen LogP contribution in [-0.2, 0) is 54.3 Å². The molecule has 4 heterocycles. The van der Waals surface area contributed by atoms with Gasteiger partial charge in [0.2, 0.25) is 23.6 Å². The molecule has 16 heteroatoms. The molecule has 0 unspecified atom stereocenters. The third kappa shape index (κ3) is 11.5. The van der Waals surface area contributed by atoms with Crippen molar-refractivity contribution in [1.29, 1.82) is 0 Å². The number of rotatable bonds is 7. The van der Waals surface area contributed by atoms with Crippen LogP contribution in [0.4, 0.5) is 0 Å². The Morgan fingerprint density at radius 1 is 0.569 bits per heavy atom. The van der Waals surface area contributed by atoms with Gasteiger partial charge in [0.05, 0.1) is 5.92 Å². The van der Waals surface area contributed by atoms with E-state index in [0.29, 0.717) is 38.5 Å². The number of nitrogens with one attached hydrogen (secondary N) is 2. The van der Waals surface area contributed by atoms with Crippen LogP contribution in [0, 0.1) is 35.5 Å². The highest BCUT2D eigenvalue weighted by Crippen LogP contribution is 2.29. The molecule has 10 atom stereocenters. The Labute approximate surface area is 385 Å². The van der Waals surface area contributed by atoms with Gasteiger partial charge < -0.3 is 39.7 Å². The number of likely N-dealkylation sites (N-methyl/N-ethyl adjacent to an activating group) is 1. The number of hydrogen-bond donors (Lipinski definition) is 2. The molecule has 4 saturated heterocycles. The lowest BCUT2D eigenvalue weighted by molar-refractivity contribution is -0.172. The van der Waals surface area contributed by atoms with Crippen molar-refractivity contribution in [2.24, 2.45) is 35.5 Å². The van der Waals surface area contributed by atoms with Crippen molar-refractivity contribution in [2.45, 2.75) is 163 Å². The smallest absolute Gasteiger partial charge is 0.329 e. The van der Waals surface area contributed by atoms with E-state index in [9.17, 15) is 38.4 Å². The van der Waals surface area contributed by atoms with Gasteiger partial charge in [-0.15, -0.1) is 0 Å². The van der Waals surface area contributed by atoms with Crippen LogP contribution in [0.2, 0.25) is 0 Å². The fourth-order valence-corrected chi connectivity index (χ4v) is 10.1. The van der Waals surface area contributed by atoms with Gasteiger partial charge in [0.1, 0.15) is 30.2 Å². The topological polar surface area (TPSA) is 192 Å². The Bertz CT molecular complexity index is 1910. The molecule has 4 aliphatic rings. The standard InChI is InChI=1S/C49H74N6O10/c1-27(2)37-32(10)48(62)64-40(29(5)6)46(60)52(11)39(28(3)4)45(59)55-25-17-22-36(55)49(63)65-41(30(7)8)47(61)54-24-16-21-35(54)43(57)51-38(31(9)26-33-18-13-12-14-19-33)44(58)53-23-15-20-34(53)42(56)50-37/h12-14,18-19,27-32,34-41H,15-17,20-26H2,1-11H3,(H,50,56)(H,51,57)/t31-,32-,34+,35+,36+,37-,38+,39-,40+,41-/m1/s1.